The van der Waals surface area contributed by atoms with Gasteiger partial charge in [0.05, 0.1) is 0 Å². The fraction of sp³-hybridized carbons (Fsp3) is 0.200. The molecule has 0 fully saturated rings. The molecule has 0 spiro atoms. The molecule has 0 heterocycles. The molecule has 0 bridgehead atoms. The fourth-order valence-corrected chi connectivity index (χ4v) is 2.49. The first-order chi connectivity index (χ1) is 10.4. The average molecular weight is 294 g/mol. The summed E-state index contributed by atoms with van der Waals surface area (Å²) in [4.78, 5) is 0. The Labute approximate surface area is 132 Å². The highest BCUT2D eigenvalue weighted by Crippen LogP contribution is 2.32. The molecular formula is C20H22O2. The summed E-state index contributed by atoms with van der Waals surface area (Å²) < 4.78 is 0. The van der Waals surface area contributed by atoms with Crippen LogP contribution in [0.2, 0.25) is 0 Å². The van der Waals surface area contributed by atoms with Gasteiger partial charge >= 0.3 is 0 Å². The van der Waals surface area contributed by atoms with Gasteiger partial charge < -0.3 is 10.2 Å². The van der Waals surface area contributed by atoms with Gasteiger partial charge in [0.2, 0.25) is 0 Å². The summed E-state index contributed by atoms with van der Waals surface area (Å²) in [5.74, 6) is 0.612. The standard InChI is InChI=1S/C20H22O2/c1-5-6-16-11-15(4)20(22)18(12-16)13(2)9-17-7-8-19(21)14(3)10-17/h5-12,21-22H,1-4H3/b6-5+,13-9-. The van der Waals surface area contributed by atoms with Crippen molar-refractivity contribution in [2.24, 2.45) is 0 Å². The topological polar surface area (TPSA) is 40.5 Å². The highest BCUT2D eigenvalue weighted by Gasteiger charge is 2.08. The van der Waals surface area contributed by atoms with Crippen molar-refractivity contribution in [1.82, 2.24) is 0 Å². The van der Waals surface area contributed by atoms with Crippen LogP contribution >= 0.6 is 0 Å². The maximum atomic E-state index is 10.3. The molecule has 114 valence electrons. The lowest BCUT2D eigenvalue weighted by molar-refractivity contribution is 0.469. The smallest absolute Gasteiger partial charge is 0.126 e. The van der Waals surface area contributed by atoms with Gasteiger partial charge in [-0.3, -0.25) is 0 Å². The SMILES string of the molecule is C/C=C/c1cc(C)c(O)c(/C(C)=C\c2ccc(O)c(C)c2)c1. The molecule has 2 N–H and O–H groups in total. The van der Waals surface area contributed by atoms with E-state index in [2.05, 4.69) is 0 Å². The molecule has 0 unspecified atom stereocenters. The molecule has 2 heteroatoms. The number of hydrogen-bond donors (Lipinski definition) is 2. The number of aromatic hydroxyl groups is 2. The third-order valence-electron chi connectivity index (χ3n) is 3.71. The molecular weight excluding hydrogens is 272 g/mol. The highest BCUT2D eigenvalue weighted by atomic mass is 16.3. The summed E-state index contributed by atoms with van der Waals surface area (Å²) in [6.07, 6.45) is 6.02. The Kier molecular flexibility index (Phi) is 4.71. The Morgan fingerprint density at radius 1 is 0.955 bits per heavy atom. The minimum Gasteiger partial charge on any atom is -0.508 e. The molecule has 0 aliphatic carbocycles. The third kappa shape index (κ3) is 3.40. The summed E-state index contributed by atoms with van der Waals surface area (Å²) in [5, 5.41) is 19.9. The normalized spacial score (nSPS) is 12.1. The lowest BCUT2D eigenvalue weighted by atomic mass is 9.97. The van der Waals surface area contributed by atoms with Crippen molar-refractivity contribution in [3.63, 3.8) is 0 Å². The van der Waals surface area contributed by atoms with E-state index in [1.165, 1.54) is 0 Å². The lowest BCUT2D eigenvalue weighted by Crippen LogP contribution is -1.88. The first-order valence-electron chi connectivity index (χ1n) is 7.37. The second kappa shape index (κ2) is 6.52. The van der Waals surface area contributed by atoms with Crippen molar-refractivity contribution in [2.45, 2.75) is 27.7 Å². The maximum Gasteiger partial charge on any atom is 0.126 e. The first-order valence-corrected chi connectivity index (χ1v) is 7.37. The van der Waals surface area contributed by atoms with Crippen LogP contribution in [-0.4, -0.2) is 10.2 Å². The summed E-state index contributed by atoms with van der Waals surface area (Å²) in [5.41, 5.74) is 5.59. The first kappa shape index (κ1) is 15.9. The van der Waals surface area contributed by atoms with Crippen LogP contribution in [0.1, 0.15) is 41.7 Å². The molecule has 0 amide bonds. The second-order valence-corrected chi connectivity index (χ2v) is 5.61. The Morgan fingerprint density at radius 3 is 2.27 bits per heavy atom. The van der Waals surface area contributed by atoms with Crippen LogP contribution in [0.5, 0.6) is 11.5 Å². The largest absolute Gasteiger partial charge is 0.508 e. The maximum absolute atomic E-state index is 10.3. The molecule has 0 aliphatic rings. The molecule has 2 aromatic carbocycles. The number of rotatable bonds is 3. The zero-order valence-corrected chi connectivity index (χ0v) is 13.5. The Morgan fingerprint density at radius 2 is 1.64 bits per heavy atom. The van der Waals surface area contributed by atoms with Crippen molar-refractivity contribution in [2.75, 3.05) is 0 Å². The van der Waals surface area contributed by atoms with Crippen molar-refractivity contribution < 1.29 is 10.2 Å². The lowest BCUT2D eigenvalue weighted by Gasteiger charge is -2.10. The summed E-state index contributed by atoms with van der Waals surface area (Å²) in [6, 6.07) is 9.44. The van der Waals surface area contributed by atoms with Crippen LogP contribution in [-0.2, 0) is 0 Å². The van der Waals surface area contributed by atoms with Crippen molar-refractivity contribution in [1.29, 1.82) is 0 Å². The number of allylic oxidation sites excluding steroid dienone is 2. The van der Waals surface area contributed by atoms with Gasteiger partial charge in [-0.15, -0.1) is 0 Å². The average Bonchev–Trinajstić information content (AvgIpc) is 2.46. The summed E-state index contributed by atoms with van der Waals surface area (Å²) >= 11 is 0. The Balaban J connectivity index is 2.49. The van der Waals surface area contributed by atoms with E-state index >= 15 is 0 Å². The molecule has 0 aromatic heterocycles. The minimum atomic E-state index is 0.295. The van der Waals surface area contributed by atoms with Gasteiger partial charge in [-0.05, 0) is 79.8 Å². The quantitative estimate of drug-likeness (QED) is 0.753. The van der Waals surface area contributed by atoms with E-state index in [1.54, 1.807) is 6.07 Å². The molecule has 2 aromatic rings. The van der Waals surface area contributed by atoms with Crippen LogP contribution < -0.4 is 0 Å². The summed E-state index contributed by atoms with van der Waals surface area (Å²) in [7, 11) is 0. The molecule has 0 saturated heterocycles. The predicted molar refractivity (Wildman–Crippen MR) is 93.9 cm³/mol. The zero-order chi connectivity index (χ0) is 16.3. The van der Waals surface area contributed by atoms with Crippen LogP contribution in [0.15, 0.2) is 36.4 Å². The van der Waals surface area contributed by atoms with E-state index < -0.39 is 0 Å². The second-order valence-electron chi connectivity index (χ2n) is 5.61. The number of hydrogen-bond acceptors (Lipinski definition) is 2. The van der Waals surface area contributed by atoms with E-state index in [9.17, 15) is 10.2 Å². The molecule has 0 aliphatic heterocycles. The molecule has 0 radical (unpaired) electrons. The van der Waals surface area contributed by atoms with E-state index in [0.29, 0.717) is 11.5 Å². The molecule has 22 heavy (non-hydrogen) atoms. The van der Waals surface area contributed by atoms with E-state index in [1.807, 2.05) is 70.2 Å². The van der Waals surface area contributed by atoms with Gasteiger partial charge in [-0.25, -0.2) is 0 Å². The number of aryl methyl sites for hydroxylation is 2. The van der Waals surface area contributed by atoms with Gasteiger partial charge in [0.1, 0.15) is 11.5 Å². The van der Waals surface area contributed by atoms with E-state index in [0.717, 1.165) is 33.4 Å². The monoisotopic (exact) mass is 294 g/mol. The number of benzene rings is 2. The molecule has 0 atom stereocenters. The number of phenols is 2. The van der Waals surface area contributed by atoms with Gasteiger partial charge in [0.15, 0.2) is 0 Å². The Hall–Kier alpha value is -2.48. The van der Waals surface area contributed by atoms with Crippen molar-refractivity contribution in [3.8, 4) is 11.5 Å². The summed E-state index contributed by atoms with van der Waals surface area (Å²) in [6.45, 7) is 7.74. The van der Waals surface area contributed by atoms with Crippen molar-refractivity contribution in [3.05, 3.63) is 64.2 Å². The van der Waals surface area contributed by atoms with Crippen LogP contribution in [0.25, 0.3) is 17.7 Å². The minimum absolute atomic E-state index is 0.295. The number of phenolic OH excluding ortho intramolecular Hbond substituents is 2. The van der Waals surface area contributed by atoms with Crippen LogP contribution in [0.4, 0.5) is 0 Å². The van der Waals surface area contributed by atoms with Gasteiger partial charge in [0.25, 0.3) is 0 Å². The van der Waals surface area contributed by atoms with Crippen LogP contribution in [0, 0.1) is 13.8 Å². The predicted octanol–water partition coefficient (Wildman–Crippen LogP) is 5.31. The van der Waals surface area contributed by atoms with Gasteiger partial charge in [-0.2, -0.15) is 0 Å². The molecule has 0 saturated carbocycles. The third-order valence-corrected chi connectivity index (χ3v) is 3.71. The van der Waals surface area contributed by atoms with E-state index in [-0.39, 0.29) is 0 Å². The Bertz CT molecular complexity index is 753. The fourth-order valence-electron chi connectivity index (χ4n) is 2.49. The van der Waals surface area contributed by atoms with Gasteiger partial charge in [0, 0.05) is 5.56 Å². The van der Waals surface area contributed by atoms with Gasteiger partial charge in [-0.1, -0.05) is 24.3 Å². The van der Waals surface area contributed by atoms with Crippen molar-refractivity contribution >= 4 is 17.7 Å². The molecule has 2 rings (SSSR count). The highest BCUT2D eigenvalue weighted by molar-refractivity contribution is 5.84. The zero-order valence-electron chi connectivity index (χ0n) is 13.5. The van der Waals surface area contributed by atoms with Crippen LogP contribution in [0.3, 0.4) is 0 Å². The molecule has 2 nitrogen and oxygen atoms in total. The van der Waals surface area contributed by atoms with E-state index in [4.69, 9.17) is 0 Å².